The molecule has 0 aromatic heterocycles. The molecule has 0 saturated carbocycles. The number of halogens is 2. The molecule has 1 amide bonds. The Morgan fingerprint density at radius 3 is 2.73 bits per heavy atom. The van der Waals surface area contributed by atoms with Gasteiger partial charge in [0.05, 0.1) is 0 Å². The summed E-state index contributed by atoms with van der Waals surface area (Å²) in [4.78, 5) is 13.4. The molecule has 15 heavy (non-hydrogen) atoms. The van der Waals surface area contributed by atoms with Crippen LogP contribution in [0.4, 0.5) is 8.78 Å². The molecule has 0 saturated heterocycles. The molecule has 0 spiro atoms. The van der Waals surface area contributed by atoms with Gasteiger partial charge < -0.3 is 4.90 Å². The minimum atomic E-state index is -2.40. The molecule has 1 atom stereocenters. The standard InChI is InChI=1S/C11H17F2NO/c1-8-3-5-14(6-4-8)11(15)9(2)7-10(12)13/h3,9-10H,4-7H2,1-2H3/t9-/m1/s1. The summed E-state index contributed by atoms with van der Waals surface area (Å²) in [7, 11) is 0. The van der Waals surface area contributed by atoms with E-state index >= 15 is 0 Å². The highest BCUT2D eigenvalue weighted by Gasteiger charge is 2.23. The van der Waals surface area contributed by atoms with E-state index in [9.17, 15) is 13.6 Å². The van der Waals surface area contributed by atoms with Crippen LogP contribution in [0.3, 0.4) is 0 Å². The van der Waals surface area contributed by atoms with E-state index in [2.05, 4.69) is 0 Å². The van der Waals surface area contributed by atoms with Gasteiger partial charge >= 0.3 is 0 Å². The van der Waals surface area contributed by atoms with Crippen molar-refractivity contribution in [3.8, 4) is 0 Å². The Morgan fingerprint density at radius 1 is 1.60 bits per heavy atom. The van der Waals surface area contributed by atoms with E-state index in [1.807, 2.05) is 13.0 Å². The predicted octanol–water partition coefficient (Wildman–Crippen LogP) is 2.46. The molecule has 0 radical (unpaired) electrons. The molecule has 1 aliphatic rings. The smallest absolute Gasteiger partial charge is 0.239 e. The fraction of sp³-hybridized carbons (Fsp3) is 0.727. The van der Waals surface area contributed by atoms with Gasteiger partial charge in [-0.15, -0.1) is 0 Å². The summed E-state index contributed by atoms with van der Waals surface area (Å²) in [6, 6.07) is 0. The van der Waals surface area contributed by atoms with Crippen molar-refractivity contribution in [2.45, 2.75) is 33.1 Å². The van der Waals surface area contributed by atoms with Crippen LogP contribution >= 0.6 is 0 Å². The average molecular weight is 217 g/mol. The van der Waals surface area contributed by atoms with Crippen LogP contribution in [0.1, 0.15) is 26.7 Å². The molecule has 0 aromatic rings. The van der Waals surface area contributed by atoms with Crippen LogP contribution in [0.2, 0.25) is 0 Å². The number of nitrogens with zero attached hydrogens (tertiary/aromatic N) is 1. The molecule has 0 unspecified atom stereocenters. The highest BCUT2D eigenvalue weighted by atomic mass is 19.3. The summed E-state index contributed by atoms with van der Waals surface area (Å²) in [6.07, 6.45) is 0.104. The molecule has 0 aliphatic carbocycles. The summed E-state index contributed by atoms with van der Waals surface area (Å²) in [6.45, 7) is 4.82. The van der Waals surface area contributed by atoms with E-state index in [1.165, 1.54) is 5.57 Å². The van der Waals surface area contributed by atoms with Crippen LogP contribution in [0.25, 0.3) is 0 Å². The Kier molecular flexibility index (Phi) is 4.24. The fourth-order valence-electron chi connectivity index (χ4n) is 1.65. The van der Waals surface area contributed by atoms with Gasteiger partial charge in [0.15, 0.2) is 0 Å². The molecule has 1 aliphatic heterocycles. The van der Waals surface area contributed by atoms with Crippen molar-refractivity contribution >= 4 is 5.91 Å². The molecular weight excluding hydrogens is 200 g/mol. The van der Waals surface area contributed by atoms with Crippen LogP contribution < -0.4 is 0 Å². The van der Waals surface area contributed by atoms with E-state index in [-0.39, 0.29) is 12.3 Å². The number of rotatable bonds is 3. The lowest BCUT2D eigenvalue weighted by Gasteiger charge is -2.28. The summed E-state index contributed by atoms with van der Waals surface area (Å²) in [5.74, 6) is -0.726. The molecular formula is C11H17F2NO. The van der Waals surface area contributed by atoms with Gasteiger partial charge in [-0.3, -0.25) is 4.79 Å². The van der Waals surface area contributed by atoms with Crippen molar-refractivity contribution in [2.24, 2.45) is 5.92 Å². The number of carbonyl (C=O) groups is 1. The second-order valence-electron chi connectivity index (χ2n) is 4.11. The first-order valence-corrected chi connectivity index (χ1v) is 5.23. The number of amides is 1. The fourth-order valence-corrected chi connectivity index (χ4v) is 1.65. The van der Waals surface area contributed by atoms with Crippen LogP contribution in [0.5, 0.6) is 0 Å². The molecule has 0 bridgehead atoms. The van der Waals surface area contributed by atoms with Crippen LogP contribution in [0.15, 0.2) is 11.6 Å². The zero-order valence-corrected chi connectivity index (χ0v) is 9.17. The monoisotopic (exact) mass is 217 g/mol. The van der Waals surface area contributed by atoms with Gasteiger partial charge in [0, 0.05) is 25.4 Å². The van der Waals surface area contributed by atoms with E-state index in [4.69, 9.17) is 0 Å². The van der Waals surface area contributed by atoms with Crippen molar-refractivity contribution in [1.82, 2.24) is 4.90 Å². The lowest BCUT2D eigenvalue weighted by atomic mass is 10.0. The third-order valence-electron chi connectivity index (χ3n) is 2.70. The first-order valence-electron chi connectivity index (χ1n) is 5.23. The van der Waals surface area contributed by atoms with Gasteiger partial charge in [0.1, 0.15) is 0 Å². The molecule has 0 N–H and O–H groups in total. The maximum Gasteiger partial charge on any atom is 0.239 e. The number of hydrogen-bond donors (Lipinski definition) is 0. The Morgan fingerprint density at radius 2 is 2.27 bits per heavy atom. The molecule has 86 valence electrons. The number of hydrogen-bond acceptors (Lipinski definition) is 1. The number of alkyl halides is 2. The summed E-state index contributed by atoms with van der Waals surface area (Å²) < 4.78 is 24.2. The van der Waals surface area contributed by atoms with E-state index in [1.54, 1.807) is 11.8 Å². The van der Waals surface area contributed by atoms with Crippen LogP contribution in [0, 0.1) is 5.92 Å². The molecule has 1 heterocycles. The predicted molar refractivity (Wildman–Crippen MR) is 54.7 cm³/mol. The first kappa shape index (κ1) is 12.1. The summed E-state index contributed by atoms with van der Waals surface area (Å²) in [5, 5.41) is 0. The van der Waals surface area contributed by atoms with Gasteiger partial charge in [0.25, 0.3) is 0 Å². The normalized spacial score (nSPS) is 19.0. The molecule has 2 nitrogen and oxygen atoms in total. The van der Waals surface area contributed by atoms with Crippen molar-refractivity contribution < 1.29 is 13.6 Å². The minimum absolute atomic E-state index is 0.154. The van der Waals surface area contributed by atoms with E-state index in [0.29, 0.717) is 13.1 Å². The van der Waals surface area contributed by atoms with Gasteiger partial charge in [-0.2, -0.15) is 0 Å². The number of carbonyl (C=O) groups excluding carboxylic acids is 1. The average Bonchev–Trinajstić information content (AvgIpc) is 2.17. The zero-order chi connectivity index (χ0) is 11.4. The Hall–Kier alpha value is -0.930. The topological polar surface area (TPSA) is 20.3 Å². The first-order chi connectivity index (χ1) is 7.00. The van der Waals surface area contributed by atoms with Gasteiger partial charge in [-0.25, -0.2) is 8.78 Å². The lowest BCUT2D eigenvalue weighted by molar-refractivity contribution is -0.135. The Labute approximate surface area is 88.9 Å². The summed E-state index contributed by atoms with van der Waals surface area (Å²) in [5.41, 5.74) is 1.26. The minimum Gasteiger partial charge on any atom is -0.338 e. The molecule has 0 aromatic carbocycles. The highest BCUT2D eigenvalue weighted by Crippen LogP contribution is 2.16. The second-order valence-corrected chi connectivity index (χ2v) is 4.11. The molecule has 1 rings (SSSR count). The van der Waals surface area contributed by atoms with E-state index < -0.39 is 12.3 Å². The SMILES string of the molecule is CC1=CCN(C(=O)[C@H](C)CC(F)F)CC1. The third kappa shape index (κ3) is 3.61. The van der Waals surface area contributed by atoms with Crippen molar-refractivity contribution in [3.63, 3.8) is 0 Å². The summed E-state index contributed by atoms with van der Waals surface area (Å²) >= 11 is 0. The zero-order valence-electron chi connectivity index (χ0n) is 9.17. The molecule has 0 fully saturated rings. The van der Waals surface area contributed by atoms with Crippen LogP contribution in [-0.2, 0) is 4.79 Å². The maximum absolute atomic E-state index is 12.1. The van der Waals surface area contributed by atoms with Crippen LogP contribution in [-0.4, -0.2) is 30.3 Å². The molecule has 4 heteroatoms. The maximum atomic E-state index is 12.1. The lowest BCUT2D eigenvalue weighted by Crippen LogP contribution is -2.38. The van der Waals surface area contributed by atoms with E-state index in [0.717, 1.165) is 6.42 Å². The largest absolute Gasteiger partial charge is 0.338 e. The Bertz CT molecular complexity index is 263. The van der Waals surface area contributed by atoms with Gasteiger partial charge in [-0.1, -0.05) is 18.6 Å². The van der Waals surface area contributed by atoms with Crippen molar-refractivity contribution in [2.75, 3.05) is 13.1 Å². The third-order valence-corrected chi connectivity index (χ3v) is 2.70. The van der Waals surface area contributed by atoms with Gasteiger partial charge in [0.2, 0.25) is 12.3 Å². The van der Waals surface area contributed by atoms with Crippen molar-refractivity contribution in [1.29, 1.82) is 0 Å². The Balaban J connectivity index is 2.47. The van der Waals surface area contributed by atoms with Crippen molar-refractivity contribution in [3.05, 3.63) is 11.6 Å². The quantitative estimate of drug-likeness (QED) is 0.665. The van der Waals surface area contributed by atoms with Gasteiger partial charge in [-0.05, 0) is 13.3 Å². The second kappa shape index (κ2) is 5.24. The highest BCUT2D eigenvalue weighted by molar-refractivity contribution is 5.78.